The molecule has 5 rings (SSSR count). The van der Waals surface area contributed by atoms with Gasteiger partial charge in [-0.05, 0) is 81.0 Å². The third kappa shape index (κ3) is 7.55. The number of benzene rings is 2. The van der Waals surface area contributed by atoms with Gasteiger partial charge in [-0.15, -0.1) is 0 Å². The van der Waals surface area contributed by atoms with E-state index in [0.29, 0.717) is 53.2 Å². The summed E-state index contributed by atoms with van der Waals surface area (Å²) in [5.74, 6) is -0.0591. The van der Waals surface area contributed by atoms with Crippen LogP contribution in [0.1, 0.15) is 50.3 Å². The highest BCUT2D eigenvalue weighted by Gasteiger charge is 2.31. The Bertz CT molecular complexity index is 1850. The van der Waals surface area contributed by atoms with E-state index in [4.69, 9.17) is 23.1 Å². The maximum absolute atomic E-state index is 15.1. The third-order valence-corrected chi connectivity index (χ3v) is 9.76. The summed E-state index contributed by atoms with van der Waals surface area (Å²) in [5, 5.41) is 4.06. The van der Waals surface area contributed by atoms with E-state index in [2.05, 4.69) is 20.3 Å². The highest BCUT2D eigenvalue weighted by Crippen LogP contribution is 2.31. The normalized spacial score (nSPS) is 19.3. The second-order valence-electron chi connectivity index (χ2n) is 11.6. The lowest BCUT2D eigenvalue weighted by Crippen LogP contribution is -2.47. The highest BCUT2D eigenvalue weighted by atomic mass is 35.5. The summed E-state index contributed by atoms with van der Waals surface area (Å²) in [5.41, 5.74) is 14.3. The number of rotatable bonds is 10. The van der Waals surface area contributed by atoms with Crippen LogP contribution in [0.3, 0.4) is 0 Å². The number of nitrogens with zero attached hydrogens (tertiary/aromatic N) is 3. The fourth-order valence-electron chi connectivity index (χ4n) is 5.57. The molecule has 2 aromatic carbocycles. The molecule has 1 aliphatic rings. The number of hydrogen-bond acceptors (Lipinski definition) is 7. The molecule has 3 unspecified atom stereocenters. The van der Waals surface area contributed by atoms with Crippen LogP contribution in [-0.4, -0.2) is 58.9 Å². The van der Waals surface area contributed by atoms with Crippen molar-refractivity contribution in [2.45, 2.75) is 57.7 Å². The van der Waals surface area contributed by atoms with Crippen molar-refractivity contribution in [1.82, 2.24) is 19.9 Å². The quantitative estimate of drug-likeness (QED) is 0.150. The minimum absolute atomic E-state index is 0.0183. The van der Waals surface area contributed by atoms with Crippen molar-refractivity contribution in [2.75, 3.05) is 18.1 Å². The van der Waals surface area contributed by atoms with Gasteiger partial charge in [0.25, 0.3) is 0 Å². The Hall–Kier alpha value is -3.58. The van der Waals surface area contributed by atoms with Gasteiger partial charge in [-0.2, -0.15) is 4.98 Å². The number of aromatic nitrogens is 3. The highest BCUT2D eigenvalue weighted by molar-refractivity contribution is 7.91. The number of aromatic amines is 1. The molecule has 3 heterocycles. The number of aliphatic imine (C=N–C) groups is 1. The Labute approximate surface area is 260 Å². The molecule has 2 aromatic heterocycles. The molecule has 0 amide bonds. The van der Waals surface area contributed by atoms with Crippen molar-refractivity contribution >= 4 is 38.3 Å². The molecule has 234 valence electrons. The molecule has 1 aliphatic heterocycles. The molecule has 0 radical (unpaired) electrons. The number of amidine groups is 1. The predicted molar refractivity (Wildman–Crippen MR) is 174 cm³/mol. The van der Waals surface area contributed by atoms with Crippen LogP contribution in [0.25, 0.3) is 28.0 Å². The molecule has 0 aliphatic carbocycles. The lowest BCUT2D eigenvalue weighted by atomic mass is 10.0. The van der Waals surface area contributed by atoms with Gasteiger partial charge < -0.3 is 21.8 Å². The number of nitrogens with one attached hydrogen (secondary N) is 2. The van der Waals surface area contributed by atoms with Gasteiger partial charge >= 0.3 is 5.69 Å². The summed E-state index contributed by atoms with van der Waals surface area (Å²) in [6.45, 7) is 4.09. The Morgan fingerprint density at radius 2 is 1.98 bits per heavy atom. The van der Waals surface area contributed by atoms with Crippen LogP contribution < -0.4 is 22.5 Å². The number of nitrogens with two attached hydrogens (primary N) is 2. The monoisotopic (exact) mass is 641 g/mol. The summed E-state index contributed by atoms with van der Waals surface area (Å²) in [6, 6.07) is 11.7. The Balaban J connectivity index is 1.38. The molecule has 3 atom stereocenters. The molecular formula is C31H37ClFN7O3S. The fourth-order valence-corrected chi connectivity index (χ4v) is 7.62. The lowest BCUT2D eigenvalue weighted by molar-refractivity contribution is 0.433. The summed E-state index contributed by atoms with van der Waals surface area (Å²) >= 11 is 6.23. The fraction of sp³-hybridized carbons (Fsp3) is 0.387. The zero-order valence-corrected chi connectivity index (χ0v) is 26.3. The third-order valence-electron chi connectivity index (χ3n) is 7.74. The van der Waals surface area contributed by atoms with Crippen molar-refractivity contribution in [3.63, 3.8) is 0 Å². The van der Waals surface area contributed by atoms with Gasteiger partial charge in [0.05, 0.1) is 33.7 Å². The van der Waals surface area contributed by atoms with Crippen LogP contribution in [0.5, 0.6) is 0 Å². The number of hydrogen-bond donors (Lipinski definition) is 4. The van der Waals surface area contributed by atoms with E-state index >= 15 is 4.39 Å². The van der Waals surface area contributed by atoms with Crippen LogP contribution >= 0.6 is 11.6 Å². The van der Waals surface area contributed by atoms with Gasteiger partial charge in [-0.25, -0.2) is 17.6 Å². The maximum atomic E-state index is 15.1. The molecule has 6 N–H and O–H groups in total. The number of aryl methyl sites for hydroxylation is 1. The SMILES string of the molecule is CC(N)=NCCC1CS(=O)(=O)CC(c2ccc(-n3cc4cc(-c5cc(CCCC(C)N)cc(Cl)c5F)[nH]c4nc3=O)cc2)N1. The molecule has 1 fully saturated rings. The van der Waals surface area contributed by atoms with E-state index < -0.39 is 27.4 Å². The minimum Gasteiger partial charge on any atom is -0.388 e. The van der Waals surface area contributed by atoms with Crippen molar-refractivity contribution in [3.05, 3.63) is 81.1 Å². The van der Waals surface area contributed by atoms with Gasteiger partial charge in [0, 0.05) is 41.8 Å². The summed E-state index contributed by atoms with van der Waals surface area (Å²) < 4.78 is 41.8. The number of sulfone groups is 1. The topological polar surface area (TPSA) is 161 Å². The zero-order valence-electron chi connectivity index (χ0n) is 24.7. The van der Waals surface area contributed by atoms with Crippen LogP contribution in [0, 0.1) is 5.82 Å². The summed E-state index contributed by atoms with van der Waals surface area (Å²) in [7, 11) is -3.26. The van der Waals surface area contributed by atoms with E-state index in [1.807, 2.05) is 6.92 Å². The summed E-state index contributed by atoms with van der Waals surface area (Å²) in [4.78, 5) is 24.4. The zero-order chi connectivity index (χ0) is 31.6. The molecule has 10 nitrogen and oxygen atoms in total. The van der Waals surface area contributed by atoms with Crippen molar-refractivity contribution < 1.29 is 12.8 Å². The van der Waals surface area contributed by atoms with E-state index in [9.17, 15) is 13.2 Å². The lowest BCUT2D eigenvalue weighted by Gasteiger charge is -2.31. The first-order chi connectivity index (χ1) is 20.9. The van der Waals surface area contributed by atoms with Gasteiger partial charge in [-0.1, -0.05) is 23.7 Å². The molecule has 13 heteroatoms. The Kier molecular flexibility index (Phi) is 9.54. The standard InChI is InChI=1S/C31H37ClFN7O3S/c1-18(34)4-3-5-20-12-25(29(33)26(32)13-20)27-14-22-15-40(31(41)39-30(22)38-27)24-8-6-21(7-9-24)28-17-44(42,43)16-23(37-28)10-11-36-19(2)35/h6-9,12-15,18,23,28,37H,3-5,10-11,16-17,34H2,1-2H3,(H2,35,36)(H,38,39,41). The van der Waals surface area contributed by atoms with Crippen LogP contribution in [-0.2, 0) is 16.3 Å². The molecule has 44 heavy (non-hydrogen) atoms. The van der Waals surface area contributed by atoms with Crippen LogP contribution in [0.15, 0.2) is 58.4 Å². The average molecular weight is 642 g/mol. The number of fused-ring (bicyclic) bond motifs is 1. The smallest absolute Gasteiger partial charge is 0.354 e. The van der Waals surface area contributed by atoms with Crippen molar-refractivity contribution in [3.8, 4) is 16.9 Å². The minimum atomic E-state index is -3.26. The molecular weight excluding hydrogens is 605 g/mol. The van der Waals surface area contributed by atoms with E-state index in [1.54, 1.807) is 55.6 Å². The van der Waals surface area contributed by atoms with Gasteiger partial charge in [0.1, 0.15) is 5.65 Å². The predicted octanol–water partition coefficient (Wildman–Crippen LogP) is 4.04. The van der Waals surface area contributed by atoms with E-state index in [-0.39, 0.29) is 28.6 Å². The van der Waals surface area contributed by atoms with Crippen molar-refractivity contribution in [1.29, 1.82) is 0 Å². The first-order valence-corrected chi connectivity index (χ1v) is 16.8. The van der Waals surface area contributed by atoms with E-state index in [0.717, 1.165) is 24.0 Å². The number of halogens is 2. The second kappa shape index (κ2) is 13.2. The summed E-state index contributed by atoms with van der Waals surface area (Å²) in [6.07, 6.45) is 4.60. The average Bonchev–Trinajstić information content (AvgIpc) is 3.36. The molecule has 0 spiro atoms. The molecule has 1 saturated heterocycles. The number of H-pyrrole nitrogens is 1. The Morgan fingerprint density at radius 3 is 2.68 bits per heavy atom. The first kappa shape index (κ1) is 31.8. The first-order valence-electron chi connectivity index (χ1n) is 14.6. The van der Waals surface area contributed by atoms with Crippen LogP contribution in [0.4, 0.5) is 4.39 Å². The van der Waals surface area contributed by atoms with Crippen LogP contribution in [0.2, 0.25) is 5.02 Å². The Morgan fingerprint density at radius 1 is 1.23 bits per heavy atom. The van der Waals surface area contributed by atoms with Gasteiger partial charge in [0.2, 0.25) is 0 Å². The van der Waals surface area contributed by atoms with E-state index in [1.165, 1.54) is 4.57 Å². The van der Waals surface area contributed by atoms with Gasteiger partial charge in [0.15, 0.2) is 15.7 Å². The van der Waals surface area contributed by atoms with Crippen molar-refractivity contribution in [2.24, 2.45) is 16.5 Å². The molecule has 0 saturated carbocycles. The van der Waals surface area contributed by atoms with Gasteiger partial charge in [-0.3, -0.25) is 9.56 Å². The maximum Gasteiger partial charge on any atom is 0.354 e. The molecule has 4 aromatic rings. The molecule has 0 bridgehead atoms. The largest absolute Gasteiger partial charge is 0.388 e. The second-order valence-corrected chi connectivity index (χ2v) is 14.1.